The lowest BCUT2D eigenvalue weighted by molar-refractivity contribution is -0.123. The highest BCUT2D eigenvalue weighted by Crippen LogP contribution is 2.29. The van der Waals surface area contributed by atoms with Gasteiger partial charge < -0.3 is 15.0 Å². The lowest BCUT2D eigenvalue weighted by atomic mass is 10.1. The summed E-state index contributed by atoms with van der Waals surface area (Å²) in [6.45, 7) is 1.75. The van der Waals surface area contributed by atoms with Gasteiger partial charge in [0.05, 0.1) is 19.5 Å². The third kappa shape index (κ3) is 3.00. The number of hydrogen-bond donors (Lipinski definition) is 1. The molecule has 2 fully saturated rings. The van der Waals surface area contributed by atoms with E-state index < -0.39 is 0 Å². The lowest BCUT2D eigenvalue weighted by Crippen LogP contribution is -2.45. The molecular weight excluding hydrogens is 256 g/mol. The number of amides is 1. The molecule has 0 spiro atoms. The van der Waals surface area contributed by atoms with Crippen LogP contribution < -0.4 is 15.0 Å². The number of rotatable bonds is 4. The molecule has 1 saturated carbocycles. The Balaban J connectivity index is 1.50. The number of piperidine rings is 1. The van der Waals surface area contributed by atoms with Gasteiger partial charge in [0.2, 0.25) is 11.9 Å². The van der Waals surface area contributed by atoms with Crippen LogP contribution in [0.2, 0.25) is 0 Å². The number of nitrogens with zero attached hydrogens (tertiary/aromatic N) is 3. The molecule has 2 aliphatic rings. The molecule has 0 bridgehead atoms. The minimum absolute atomic E-state index is 0.240. The van der Waals surface area contributed by atoms with Crippen LogP contribution in [0.5, 0.6) is 5.75 Å². The molecule has 0 atom stereocenters. The van der Waals surface area contributed by atoms with E-state index in [1.165, 1.54) is 0 Å². The second-order valence-corrected chi connectivity index (χ2v) is 5.47. The van der Waals surface area contributed by atoms with Gasteiger partial charge in [-0.3, -0.25) is 4.79 Å². The Kier molecular flexibility index (Phi) is 3.71. The van der Waals surface area contributed by atoms with Gasteiger partial charge in [-0.15, -0.1) is 0 Å². The van der Waals surface area contributed by atoms with Crippen LogP contribution in [0, 0.1) is 5.92 Å². The van der Waals surface area contributed by atoms with Crippen LogP contribution >= 0.6 is 0 Å². The Morgan fingerprint density at radius 2 is 1.90 bits per heavy atom. The Morgan fingerprint density at radius 3 is 2.45 bits per heavy atom. The van der Waals surface area contributed by atoms with E-state index in [1.807, 2.05) is 0 Å². The highest BCUT2D eigenvalue weighted by atomic mass is 16.5. The first-order chi connectivity index (χ1) is 9.76. The van der Waals surface area contributed by atoms with Crippen molar-refractivity contribution in [3.8, 4) is 5.75 Å². The largest absolute Gasteiger partial charge is 0.494 e. The zero-order valence-electron chi connectivity index (χ0n) is 11.7. The fraction of sp³-hybridized carbons (Fsp3) is 0.643. The van der Waals surface area contributed by atoms with E-state index in [0.717, 1.165) is 44.7 Å². The Bertz CT molecular complexity index is 465. The number of anilines is 1. The summed E-state index contributed by atoms with van der Waals surface area (Å²) in [6.07, 6.45) is 7.39. The summed E-state index contributed by atoms with van der Waals surface area (Å²) in [5.41, 5.74) is 0. The summed E-state index contributed by atoms with van der Waals surface area (Å²) >= 11 is 0. The third-order valence-electron chi connectivity index (χ3n) is 3.92. The summed E-state index contributed by atoms with van der Waals surface area (Å²) in [5, 5.41) is 3.14. The van der Waals surface area contributed by atoms with Gasteiger partial charge in [-0.25, -0.2) is 9.97 Å². The normalized spacial score (nSPS) is 19.8. The maximum atomic E-state index is 11.7. The topological polar surface area (TPSA) is 67.3 Å². The van der Waals surface area contributed by atoms with E-state index in [4.69, 9.17) is 4.74 Å². The monoisotopic (exact) mass is 276 g/mol. The van der Waals surface area contributed by atoms with Crippen LogP contribution in [0.15, 0.2) is 12.4 Å². The van der Waals surface area contributed by atoms with Crippen LogP contribution in [0.4, 0.5) is 5.95 Å². The summed E-state index contributed by atoms with van der Waals surface area (Å²) in [5.74, 6) is 1.93. The van der Waals surface area contributed by atoms with Crippen LogP contribution in [0.25, 0.3) is 0 Å². The number of carbonyl (C=O) groups excluding carboxylic acids is 1. The molecule has 6 heteroatoms. The first kappa shape index (κ1) is 13.1. The predicted molar refractivity (Wildman–Crippen MR) is 74.7 cm³/mol. The van der Waals surface area contributed by atoms with Crippen LogP contribution in [0.1, 0.15) is 25.7 Å². The van der Waals surface area contributed by atoms with Crippen molar-refractivity contribution in [3.63, 3.8) is 0 Å². The van der Waals surface area contributed by atoms with Crippen molar-refractivity contribution in [2.75, 3.05) is 25.1 Å². The second-order valence-electron chi connectivity index (χ2n) is 5.47. The number of methoxy groups -OCH3 is 1. The fourth-order valence-electron chi connectivity index (χ4n) is 2.47. The van der Waals surface area contributed by atoms with Gasteiger partial charge >= 0.3 is 0 Å². The molecule has 3 rings (SSSR count). The summed E-state index contributed by atoms with van der Waals surface area (Å²) in [4.78, 5) is 22.5. The molecule has 20 heavy (non-hydrogen) atoms. The molecule has 1 N–H and O–H groups in total. The number of ether oxygens (including phenoxy) is 1. The summed E-state index contributed by atoms with van der Waals surface area (Å²) < 4.78 is 5.05. The molecule has 108 valence electrons. The van der Waals surface area contributed by atoms with Crippen molar-refractivity contribution in [3.05, 3.63) is 12.4 Å². The van der Waals surface area contributed by atoms with E-state index in [1.54, 1.807) is 19.5 Å². The first-order valence-electron chi connectivity index (χ1n) is 7.17. The average Bonchev–Trinajstić information content (AvgIpc) is 3.33. The van der Waals surface area contributed by atoms with E-state index in [-0.39, 0.29) is 11.8 Å². The third-order valence-corrected chi connectivity index (χ3v) is 3.92. The molecule has 1 amide bonds. The van der Waals surface area contributed by atoms with Crippen molar-refractivity contribution in [1.29, 1.82) is 0 Å². The molecule has 1 aromatic rings. The lowest BCUT2D eigenvalue weighted by Gasteiger charge is -2.32. The molecule has 0 aromatic carbocycles. The molecule has 0 unspecified atom stereocenters. The summed E-state index contributed by atoms with van der Waals surface area (Å²) in [6, 6.07) is 0.303. The zero-order chi connectivity index (χ0) is 13.9. The number of carbonyl (C=O) groups is 1. The molecule has 1 saturated heterocycles. The predicted octanol–water partition coefficient (Wildman–Crippen LogP) is 0.980. The Hall–Kier alpha value is -1.85. The Morgan fingerprint density at radius 1 is 1.25 bits per heavy atom. The van der Waals surface area contributed by atoms with Crippen molar-refractivity contribution in [1.82, 2.24) is 15.3 Å². The van der Waals surface area contributed by atoms with Crippen molar-refractivity contribution in [2.45, 2.75) is 31.7 Å². The smallest absolute Gasteiger partial charge is 0.225 e. The van der Waals surface area contributed by atoms with Gasteiger partial charge in [0.15, 0.2) is 5.75 Å². The maximum Gasteiger partial charge on any atom is 0.225 e. The number of aromatic nitrogens is 2. The van der Waals surface area contributed by atoms with Gasteiger partial charge in [0, 0.05) is 25.0 Å². The molecule has 2 heterocycles. The maximum absolute atomic E-state index is 11.7. The zero-order valence-corrected chi connectivity index (χ0v) is 11.7. The minimum Gasteiger partial charge on any atom is -0.494 e. The van der Waals surface area contributed by atoms with E-state index in [2.05, 4.69) is 20.2 Å². The van der Waals surface area contributed by atoms with Gasteiger partial charge in [-0.2, -0.15) is 0 Å². The van der Waals surface area contributed by atoms with E-state index >= 15 is 0 Å². The standard InChI is InChI=1S/C14H20N4O2/c1-20-12-8-15-14(16-9-12)18-6-4-11(5-7-18)17-13(19)10-2-3-10/h8-11H,2-7H2,1H3,(H,17,19). The average molecular weight is 276 g/mol. The van der Waals surface area contributed by atoms with Crippen LogP contribution in [-0.2, 0) is 4.79 Å². The van der Waals surface area contributed by atoms with Crippen LogP contribution in [-0.4, -0.2) is 42.1 Å². The molecule has 6 nitrogen and oxygen atoms in total. The molecule has 0 radical (unpaired) electrons. The summed E-state index contributed by atoms with van der Waals surface area (Å²) in [7, 11) is 1.60. The highest BCUT2D eigenvalue weighted by molar-refractivity contribution is 5.81. The quantitative estimate of drug-likeness (QED) is 0.888. The minimum atomic E-state index is 0.240. The molecular formula is C14H20N4O2. The number of hydrogen-bond acceptors (Lipinski definition) is 5. The van der Waals surface area contributed by atoms with E-state index in [0.29, 0.717) is 11.8 Å². The first-order valence-corrected chi connectivity index (χ1v) is 7.17. The van der Waals surface area contributed by atoms with Gasteiger partial charge in [0.25, 0.3) is 0 Å². The Labute approximate surface area is 118 Å². The van der Waals surface area contributed by atoms with Gasteiger partial charge in [-0.1, -0.05) is 0 Å². The SMILES string of the molecule is COc1cnc(N2CCC(NC(=O)C3CC3)CC2)nc1. The van der Waals surface area contributed by atoms with Crippen LogP contribution in [0.3, 0.4) is 0 Å². The molecule has 1 aliphatic carbocycles. The second kappa shape index (κ2) is 5.64. The molecule has 1 aliphatic heterocycles. The highest BCUT2D eigenvalue weighted by Gasteiger charge is 2.31. The van der Waals surface area contributed by atoms with Crippen molar-refractivity contribution >= 4 is 11.9 Å². The van der Waals surface area contributed by atoms with Crippen molar-refractivity contribution in [2.24, 2.45) is 5.92 Å². The fourth-order valence-corrected chi connectivity index (χ4v) is 2.47. The molecule has 1 aromatic heterocycles. The van der Waals surface area contributed by atoms with Gasteiger partial charge in [0.1, 0.15) is 0 Å². The van der Waals surface area contributed by atoms with Gasteiger partial charge in [-0.05, 0) is 25.7 Å². The van der Waals surface area contributed by atoms with Crippen molar-refractivity contribution < 1.29 is 9.53 Å². The van der Waals surface area contributed by atoms with E-state index in [9.17, 15) is 4.79 Å². The number of nitrogens with one attached hydrogen (secondary N) is 1.